The SMILES string of the molecule is COc1cc(C(F)(F)F)ccc1-c1nccn2c(N(CC3CC3)CC3CC3)c(SC)nc12. The summed E-state index contributed by atoms with van der Waals surface area (Å²) in [6.45, 7) is 2.03. The Kier molecular flexibility index (Phi) is 5.47. The molecular weight excluding hydrogens is 437 g/mol. The molecule has 2 saturated carbocycles. The number of halogens is 3. The molecule has 0 bridgehead atoms. The van der Waals surface area contributed by atoms with Gasteiger partial charge >= 0.3 is 6.18 Å². The maximum absolute atomic E-state index is 13.2. The standard InChI is InChI=1S/C23H25F3N4OS/c1-31-18-11-16(23(24,25)26)7-8-17(18)19-20-28-21(32-2)22(30(20)10-9-27-19)29(12-14-3-4-14)13-15-5-6-15/h7-11,14-15H,3-6,12-13H2,1-2H3. The molecule has 0 atom stereocenters. The van der Waals surface area contributed by atoms with Gasteiger partial charge in [0.1, 0.15) is 22.3 Å². The van der Waals surface area contributed by atoms with Crippen molar-refractivity contribution < 1.29 is 17.9 Å². The number of anilines is 1. The number of thioether (sulfide) groups is 1. The number of ether oxygens (including phenoxy) is 1. The van der Waals surface area contributed by atoms with E-state index in [0.29, 0.717) is 16.9 Å². The monoisotopic (exact) mass is 462 g/mol. The Morgan fingerprint density at radius 2 is 1.84 bits per heavy atom. The van der Waals surface area contributed by atoms with Crippen LogP contribution in [0.5, 0.6) is 5.75 Å². The second kappa shape index (κ2) is 8.17. The highest BCUT2D eigenvalue weighted by atomic mass is 32.2. The van der Waals surface area contributed by atoms with Crippen molar-refractivity contribution in [3.8, 4) is 17.0 Å². The van der Waals surface area contributed by atoms with E-state index < -0.39 is 11.7 Å². The Bertz CT molecular complexity index is 1120. The van der Waals surface area contributed by atoms with Crippen LogP contribution in [0, 0.1) is 11.8 Å². The number of benzene rings is 1. The number of hydrogen-bond acceptors (Lipinski definition) is 5. The summed E-state index contributed by atoms with van der Waals surface area (Å²) in [5.74, 6) is 2.64. The molecule has 5 nitrogen and oxygen atoms in total. The van der Waals surface area contributed by atoms with Gasteiger partial charge in [-0.3, -0.25) is 9.38 Å². The molecule has 0 unspecified atom stereocenters. The first-order chi connectivity index (χ1) is 15.4. The summed E-state index contributed by atoms with van der Waals surface area (Å²) in [7, 11) is 1.37. The van der Waals surface area contributed by atoms with Gasteiger partial charge in [0.2, 0.25) is 0 Å². The molecule has 0 N–H and O–H groups in total. The van der Waals surface area contributed by atoms with E-state index >= 15 is 0 Å². The molecule has 3 aromatic rings. The number of hydrogen-bond donors (Lipinski definition) is 0. The van der Waals surface area contributed by atoms with Gasteiger partial charge < -0.3 is 9.64 Å². The van der Waals surface area contributed by atoms with Crippen LogP contribution >= 0.6 is 11.8 Å². The minimum absolute atomic E-state index is 0.128. The zero-order valence-electron chi connectivity index (χ0n) is 18.0. The van der Waals surface area contributed by atoms with Gasteiger partial charge in [0.15, 0.2) is 5.65 Å². The maximum atomic E-state index is 13.2. The zero-order valence-corrected chi connectivity index (χ0v) is 18.8. The van der Waals surface area contributed by atoms with Crippen LogP contribution in [0.2, 0.25) is 0 Å². The van der Waals surface area contributed by atoms with Gasteiger partial charge in [-0.2, -0.15) is 13.2 Å². The topological polar surface area (TPSA) is 42.7 Å². The van der Waals surface area contributed by atoms with E-state index in [-0.39, 0.29) is 5.75 Å². The van der Waals surface area contributed by atoms with Crippen molar-refractivity contribution in [1.82, 2.24) is 14.4 Å². The number of imidazole rings is 1. The number of alkyl halides is 3. The zero-order chi connectivity index (χ0) is 22.5. The fourth-order valence-electron chi connectivity index (χ4n) is 4.09. The first-order valence-electron chi connectivity index (χ1n) is 10.8. The normalized spacial score (nSPS) is 16.5. The van der Waals surface area contributed by atoms with Gasteiger partial charge in [-0.25, -0.2) is 4.98 Å². The first-order valence-corrected chi connectivity index (χ1v) is 12.0. The Hall–Kier alpha value is -2.42. The summed E-state index contributed by atoms with van der Waals surface area (Å²) in [6, 6.07) is 3.50. The van der Waals surface area contributed by atoms with E-state index in [9.17, 15) is 13.2 Å². The van der Waals surface area contributed by atoms with Crippen molar-refractivity contribution >= 4 is 23.2 Å². The van der Waals surface area contributed by atoms with Crippen LogP contribution in [0.1, 0.15) is 31.2 Å². The average Bonchev–Trinajstić information content (AvgIpc) is 3.71. The van der Waals surface area contributed by atoms with Crippen molar-refractivity contribution in [2.45, 2.75) is 36.9 Å². The molecule has 2 heterocycles. The highest BCUT2D eigenvalue weighted by Crippen LogP contribution is 2.41. The predicted molar refractivity (Wildman–Crippen MR) is 119 cm³/mol. The molecule has 9 heteroatoms. The van der Waals surface area contributed by atoms with Crippen molar-refractivity contribution in [3.63, 3.8) is 0 Å². The molecule has 170 valence electrons. The molecule has 32 heavy (non-hydrogen) atoms. The molecule has 0 spiro atoms. The van der Waals surface area contributed by atoms with Crippen LogP contribution in [-0.2, 0) is 6.18 Å². The lowest BCUT2D eigenvalue weighted by molar-refractivity contribution is -0.137. The van der Waals surface area contributed by atoms with Gasteiger partial charge in [-0.15, -0.1) is 11.8 Å². The Morgan fingerprint density at radius 1 is 1.16 bits per heavy atom. The molecule has 2 fully saturated rings. The number of fused-ring (bicyclic) bond motifs is 1. The lowest BCUT2D eigenvalue weighted by atomic mass is 10.1. The second-order valence-electron chi connectivity index (χ2n) is 8.62. The number of nitrogens with zero attached hydrogens (tertiary/aromatic N) is 4. The first kappa shape index (κ1) is 21.4. The number of rotatable bonds is 8. The van der Waals surface area contributed by atoms with E-state index in [4.69, 9.17) is 9.72 Å². The minimum Gasteiger partial charge on any atom is -0.496 e. The van der Waals surface area contributed by atoms with E-state index in [1.54, 1.807) is 18.0 Å². The highest BCUT2D eigenvalue weighted by Gasteiger charge is 2.34. The van der Waals surface area contributed by atoms with Gasteiger partial charge in [-0.05, 0) is 62.0 Å². The second-order valence-corrected chi connectivity index (χ2v) is 9.41. The lowest BCUT2D eigenvalue weighted by Crippen LogP contribution is -2.29. The Labute approximate surface area is 189 Å². The van der Waals surface area contributed by atoms with E-state index in [1.807, 2.05) is 16.9 Å². The van der Waals surface area contributed by atoms with Crippen molar-refractivity contribution in [1.29, 1.82) is 0 Å². The van der Waals surface area contributed by atoms with Crippen LogP contribution in [0.25, 0.3) is 16.9 Å². The maximum Gasteiger partial charge on any atom is 0.416 e. The van der Waals surface area contributed by atoms with Gasteiger partial charge in [-0.1, -0.05) is 0 Å². The van der Waals surface area contributed by atoms with Crippen LogP contribution in [0.3, 0.4) is 0 Å². The van der Waals surface area contributed by atoms with Gasteiger partial charge in [0, 0.05) is 31.0 Å². The van der Waals surface area contributed by atoms with Crippen molar-refractivity contribution in [2.75, 3.05) is 31.4 Å². The molecule has 0 amide bonds. The minimum atomic E-state index is -4.44. The predicted octanol–water partition coefficient (Wildman–Crippen LogP) is 5.77. The summed E-state index contributed by atoms with van der Waals surface area (Å²) in [4.78, 5) is 11.8. The highest BCUT2D eigenvalue weighted by molar-refractivity contribution is 7.98. The molecular formula is C23H25F3N4OS. The van der Waals surface area contributed by atoms with E-state index in [2.05, 4.69) is 9.88 Å². The molecule has 0 aliphatic heterocycles. The Morgan fingerprint density at radius 3 is 2.41 bits per heavy atom. The third-order valence-corrected chi connectivity index (χ3v) is 6.77. The molecule has 5 rings (SSSR count). The van der Waals surface area contributed by atoms with Crippen molar-refractivity contribution in [2.24, 2.45) is 11.8 Å². The summed E-state index contributed by atoms with van der Waals surface area (Å²) in [5.41, 5.74) is 0.879. The average molecular weight is 463 g/mol. The van der Waals surface area contributed by atoms with Gasteiger partial charge in [0.05, 0.1) is 12.7 Å². The molecule has 0 saturated heterocycles. The van der Waals surface area contributed by atoms with Crippen LogP contribution in [-0.4, -0.2) is 40.8 Å². The van der Waals surface area contributed by atoms with Crippen molar-refractivity contribution in [3.05, 3.63) is 36.2 Å². The molecule has 1 aromatic carbocycles. The van der Waals surface area contributed by atoms with Crippen LogP contribution < -0.4 is 9.64 Å². The smallest absolute Gasteiger partial charge is 0.416 e. The lowest BCUT2D eigenvalue weighted by Gasteiger charge is -2.25. The van der Waals surface area contributed by atoms with Crippen LogP contribution in [0.15, 0.2) is 35.6 Å². The largest absolute Gasteiger partial charge is 0.496 e. The fraction of sp³-hybridized carbons (Fsp3) is 0.478. The third-order valence-electron chi connectivity index (χ3n) is 6.11. The van der Waals surface area contributed by atoms with Crippen LogP contribution in [0.4, 0.5) is 19.0 Å². The summed E-state index contributed by atoms with van der Waals surface area (Å²) in [5, 5.41) is 0.909. The number of aromatic nitrogens is 3. The van der Waals surface area contributed by atoms with E-state index in [0.717, 1.165) is 47.9 Å². The third kappa shape index (κ3) is 4.14. The molecule has 2 aliphatic rings. The fourth-order valence-corrected chi connectivity index (χ4v) is 4.68. The molecule has 2 aromatic heterocycles. The summed E-state index contributed by atoms with van der Waals surface area (Å²) >= 11 is 1.58. The summed E-state index contributed by atoms with van der Waals surface area (Å²) in [6.07, 6.45) is 6.20. The molecule has 2 aliphatic carbocycles. The molecule has 0 radical (unpaired) electrons. The quantitative estimate of drug-likeness (QED) is 0.398. The van der Waals surface area contributed by atoms with Gasteiger partial charge in [0.25, 0.3) is 0 Å². The Balaban J connectivity index is 1.63. The number of methoxy groups -OCH3 is 1. The summed E-state index contributed by atoms with van der Waals surface area (Å²) < 4.78 is 47.0. The van der Waals surface area contributed by atoms with E-state index in [1.165, 1.54) is 38.9 Å².